The number of anilines is 1. The van der Waals surface area contributed by atoms with Gasteiger partial charge in [0.2, 0.25) is 0 Å². The average Bonchev–Trinajstić information content (AvgIpc) is 2.42. The van der Waals surface area contributed by atoms with Gasteiger partial charge in [-0.15, -0.1) is 0 Å². The molecule has 1 aliphatic heterocycles. The van der Waals surface area contributed by atoms with E-state index in [1.54, 1.807) is 0 Å². The minimum atomic E-state index is 0.0218. The molecule has 0 unspecified atom stereocenters. The van der Waals surface area contributed by atoms with Gasteiger partial charge in [0.05, 0.1) is 5.69 Å². The van der Waals surface area contributed by atoms with Crippen LogP contribution in [0.4, 0.5) is 5.69 Å². The summed E-state index contributed by atoms with van der Waals surface area (Å²) in [4.78, 5) is 13.8. The summed E-state index contributed by atoms with van der Waals surface area (Å²) in [5, 5.41) is 3.09. The summed E-state index contributed by atoms with van der Waals surface area (Å²) in [6.45, 7) is 2.33. The molecular weight excluding hydrogens is 242 g/mol. The maximum Gasteiger partial charge on any atom is 0.265 e. The molecule has 0 bridgehead atoms. The summed E-state index contributed by atoms with van der Waals surface area (Å²) in [5.74, 6) is 0.804. The van der Waals surface area contributed by atoms with E-state index in [2.05, 4.69) is 5.32 Å². The number of hydrogen-bond donors (Lipinski definition) is 2. The number of nitrogens with two attached hydrogens (primary N) is 1. The van der Waals surface area contributed by atoms with Crippen molar-refractivity contribution in [2.45, 2.75) is 12.8 Å². The number of nitrogens with one attached hydrogen (secondary N) is 1. The molecule has 0 radical (unpaired) electrons. The molecule has 0 aliphatic carbocycles. The molecule has 1 heterocycles. The summed E-state index contributed by atoms with van der Waals surface area (Å²) in [5.41, 5.74) is 7.59. The lowest BCUT2D eigenvalue weighted by Gasteiger charge is -2.30. The minimum absolute atomic E-state index is 0.0218. The van der Waals surface area contributed by atoms with Gasteiger partial charge in [-0.25, -0.2) is 0 Å². The second kappa shape index (κ2) is 6.54. The zero-order valence-corrected chi connectivity index (χ0v) is 11.3. The third kappa shape index (κ3) is 3.24. The van der Waals surface area contributed by atoms with Crippen LogP contribution in [-0.4, -0.2) is 39.2 Å². The first kappa shape index (κ1) is 13.8. The van der Waals surface area contributed by atoms with Gasteiger partial charge in [-0.05, 0) is 50.7 Å². The van der Waals surface area contributed by atoms with Crippen molar-refractivity contribution in [3.8, 4) is 5.75 Å². The molecule has 2 rings (SSSR count). The molecule has 0 atom stereocenters. The van der Waals surface area contributed by atoms with Gasteiger partial charge in [0.1, 0.15) is 5.75 Å². The van der Waals surface area contributed by atoms with Gasteiger partial charge in [-0.1, -0.05) is 6.07 Å². The first-order valence-electron chi connectivity index (χ1n) is 6.67. The Hall–Kier alpha value is -1.59. The first-order valence-corrected chi connectivity index (χ1v) is 6.67. The van der Waals surface area contributed by atoms with Crippen LogP contribution in [0.2, 0.25) is 0 Å². The van der Waals surface area contributed by atoms with Crippen LogP contribution in [0.15, 0.2) is 18.2 Å². The number of nitrogens with zero attached hydrogens (tertiary/aromatic N) is 1. The molecule has 0 saturated heterocycles. The number of benzene rings is 1. The molecule has 0 fully saturated rings. The van der Waals surface area contributed by atoms with Crippen LogP contribution >= 0.6 is 0 Å². The third-order valence-corrected chi connectivity index (χ3v) is 3.21. The molecule has 104 valence electrons. The minimum Gasteiger partial charge on any atom is -0.482 e. The Morgan fingerprint density at radius 1 is 1.47 bits per heavy atom. The third-order valence-electron chi connectivity index (χ3n) is 3.21. The molecular formula is C14H21N3O2. The number of carbonyl (C=O) groups excluding carboxylic acids is 1. The Morgan fingerprint density at radius 3 is 3.05 bits per heavy atom. The van der Waals surface area contributed by atoms with E-state index in [1.165, 1.54) is 0 Å². The van der Waals surface area contributed by atoms with Crippen molar-refractivity contribution >= 4 is 11.6 Å². The zero-order valence-electron chi connectivity index (χ0n) is 11.3. The normalized spacial score (nSPS) is 14.2. The topological polar surface area (TPSA) is 67.6 Å². The highest BCUT2D eigenvalue weighted by Gasteiger charge is 2.25. The summed E-state index contributed by atoms with van der Waals surface area (Å²) >= 11 is 0. The molecule has 5 heteroatoms. The summed E-state index contributed by atoms with van der Waals surface area (Å²) in [6, 6.07) is 5.95. The van der Waals surface area contributed by atoms with Crippen molar-refractivity contribution in [3.05, 3.63) is 23.8 Å². The standard InChI is InChI=1S/C14H21N3O2/c1-16-7-2-8-17-12-9-11(5-6-15)3-4-13(12)19-10-14(17)18/h3-4,9,16H,2,5-8,10,15H2,1H3. The second-order valence-corrected chi connectivity index (χ2v) is 4.63. The molecule has 1 aromatic carbocycles. The molecule has 1 amide bonds. The summed E-state index contributed by atoms with van der Waals surface area (Å²) in [7, 11) is 1.91. The summed E-state index contributed by atoms with van der Waals surface area (Å²) < 4.78 is 5.47. The molecule has 0 saturated carbocycles. The Bertz CT molecular complexity index is 448. The Balaban J connectivity index is 2.20. The Morgan fingerprint density at radius 2 is 2.32 bits per heavy atom. The number of ether oxygens (including phenoxy) is 1. The molecule has 3 N–H and O–H groups in total. The number of carbonyl (C=O) groups is 1. The van der Waals surface area contributed by atoms with Gasteiger partial charge in [0, 0.05) is 6.54 Å². The lowest BCUT2D eigenvalue weighted by Crippen LogP contribution is -2.40. The van der Waals surface area contributed by atoms with Crippen molar-refractivity contribution in [1.29, 1.82) is 0 Å². The van der Waals surface area contributed by atoms with E-state index in [0.717, 1.165) is 36.4 Å². The van der Waals surface area contributed by atoms with E-state index in [1.807, 2.05) is 30.1 Å². The highest BCUT2D eigenvalue weighted by atomic mass is 16.5. The van der Waals surface area contributed by atoms with Crippen molar-refractivity contribution < 1.29 is 9.53 Å². The monoisotopic (exact) mass is 263 g/mol. The summed E-state index contributed by atoms with van der Waals surface area (Å²) in [6.07, 6.45) is 1.73. The maximum atomic E-state index is 12.0. The molecule has 1 aliphatic rings. The lowest BCUT2D eigenvalue weighted by molar-refractivity contribution is -0.121. The highest BCUT2D eigenvalue weighted by Crippen LogP contribution is 2.33. The fourth-order valence-corrected chi connectivity index (χ4v) is 2.23. The molecule has 0 aromatic heterocycles. The molecule has 1 aromatic rings. The van der Waals surface area contributed by atoms with Gasteiger partial charge in [0.15, 0.2) is 6.61 Å². The quantitative estimate of drug-likeness (QED) is 0.734. The van der Waals surface area contributed by atoms with Gasteiger partial charge in [-0.3, -0.25) is 4.79 Å². The van der Waals surface area contributed by atoms with Crippen LogP contribution in [0.5, 0.6) is 5.75 Å². The Kier molecular flexibility index (Phi) is 4.76. The number of rotatable bonds is 6. The average molecular weight is 263 g/mol. The predicted octanol–water partition coefficient (Wildman–Crippen LogP) is 0.523. The van der Waals surface area contributed by atoms with Crippen LogP contribution in [0, 0.1) is 0 Å². The SMILES string of the molecule is CNCCCN1C(=O)COc2ccc(CCN)cc21. The number of amides is 1. The number of hydrogen-bond acceptors (Lipinski definition) is 4. The van der Waals surface area contributed by atoms with Crippen LogP contribution in [0.1, 0.15) is 12.0 Å². The molecule has 0 spiro atoms. The van der Waals surface area contributed by atoms with E-state index in [-0.39, 0.29) is 12.5 Å². The van der Waals surface area contributed by atoms with E-state index in [9.17, 15) is 4.79 Å². The largest absolute Gasteiger partial charge is 0.482 e. The van der Waals surface area contributed by atoms with Gasteiger partial charge in [-0.2, -0.15) is 0 Å². The van der Waals surface area contributed by atoms with Gasteiger partial charge < -0.3 is 20.7 Å². The zero-order chi connectivity index (χ0) is 13.7. The van der Waals surface area contributed by atoms with E-state index >= 15 is 0 Å². The fourth-order valence-electron chi connectivity index (χ4n) is 2.23. The molecule has 5 nitrogen and oxygen atoms in total. The van der Waals surface area contributed by atoms with E-state index < -0.39 is 0 Å². The van der Waals surface area contributed by atoms with Crippen molar-refractivity contribution in [1.82, 2.24) is 5.32 Å². The Labute approximate surface area is 113 Å². The number of fused-ring (bicyclic) bond motifs is 1. The van der Waals surface area contributed by atoms with Crippen molar-refractivity contribution in [2.75, 3.05) is 38.2 Å². The van der Waals surface area contributed by atoms with Gasteiger partial charge >= 0.3 is 0 Å². The highest BCUT2D eigenvalue weighted by molar-refractivity contribution is 5.97. The van der Waals surface area contributed by atoms with Crippen molar-refractivity contribution in [3.63, 3.8) is 0 Å². The lowest BCUT2D eigenvalue weighted by atomic mass is 10.1. The second-order valence-electron chi connectivity index (χ2n) is 4.63. The van der Waals surface area contributed by atoms with Crippen LogP contribution in [-0.2, 0) is 11.2 Å². The van der Waals surface area contributed by atoms with Crippen LogP contribution in [0.3, 0.4) is 0 Å². The smallest absolute Gasteiger partial charge is 0.265 e. The maximum absolute atomic E-state index is 12.0. The predicted molar refractivity (Wildman–Crippen MR) is 75.6 cm³/mol. The van der Waals surface area contributed by atoms with Gasteiger partial charge in [0.25, 0.3) is 5.91 Å². The van der Waals surface area contributed by atoms with Crippen LogP contribution < -0.4 is 20.7 Å². The van der Waals surface area contributed by atoms with Crippen LogP contribution in [0.25, 0.3) is 0 Å². The van der Waals surface area contributed by atoms with E-state index in [0.29, 0.717) is 13.1 Å². The fraction of sp³-hybridized carbons (Fsp3) is 0.500. The molecule has 19 heavy (non-hydrogen) atoms. The van der Waals surface area contributed by atoms with Crippen molar-refractivity contribution in [2.24, 2.45) is 5.73 Å². The van der Waals surface area contributed by atoms with E-state index in [4.69, 9.17) is 10.5 Å². The first-order chi connectivity index (χ1) is 9.26.